The summed E-state index contributed by atoms with van der Waals surface area (Å²) in [5, 5.41) is 16.2. The molecule has 2 heterocycles. The lowest BCUT2D eigenvalue weighted by molar-refractivity contribution is -0.143. The molecule has 194 valence electrons. The zero-order valence-corrected chi connectivity index (χ0v) is 21.3. The predicted molar refractivity (Wildman–Crippen MR) is 144 cm³/mol. The molecule has 38 heavy (non-hydrogen) atoms. The van der Waals surface area contributed by atoms with Crippen LogP contribution in [0.25, 0.3) is 22.0 Å². The summed E-state index contributed by atoms with van der Waals surface area (Å²) in [5.41, 5.74) is 2.57. The van der Waals surface area contributed by atoms with Crippen molar-refractivity contribution in [1.29, 1.82) is 0 Å². The molecule has 1 atom stereocenters. The van der Waals surface area contributed by atoms with Gasteiger partial charge in [-0.15, -0.1) is 0 Å². The van der Waals surface area contributed by atoms with Gasteiger partial charge in [0.25, 0.3) is 11.5 Å². The number of nitrogens with zero attached hydrogens (tertiary/aromatic N) is 2. The number of hydrogen-bond donors (Lipinski definition) is 2. The molecule has 2 N–H and O–H groups in total. The number of para-hydroxylation sites is 1. The Labute approximate surface area is 226 Å². The molecule has 0 radical (unpaired) electrons. The number of halogens is 4. The van der Waals surface area contributed by atoms with Crippen molar-refractivity contribution in [1.82, 2.24) is 9.99 Å². The molecule has 0 spiro atoms. The standard InChI is InChI=1S/C28H21Cl2F2N3O3/c29-18-9-5-16(6-10-18)23-13-22(34-35(23)24(37)14-28(31,32)15-36)26-25(17-7-11-19(30)12-8-17)20-3-1-2-4-21(20)33-27(26)38/h1-12,23,36H,13-15H2,(H,33,38)/t23-/m0/s1. The number of aliphatic hydroxyl groups excluding tert-OH is 1. The summed E-state index contributed by atoms with van der Waals surface area (Å²) in [7, 11) is 0. The Morgan fingerprint density at radius 1 is 1.00 bits per heavy atom. The quantitative estimate of drug-likeness (QED) is 0.297. The van der Waals surface area contributed by atoms with Crippen LogP contribution >= 0.6 is 23.2 Å². The number of pyridine rings is 1. The van der Waals surface area contributed by atoms with Crippen LogP contribution in [0.5, 0.6) is 0 Å². The summed E-state index contributed by atoms with van der Waals surface area (Å²) < 4.78 is 28.0. The summed E-state index contributed by atoms with van der Waals surface area (Å²) in [6, 6.07) is 20.1. The van der Waals surface area contributed by atoms with Crippen LogP contribution in [0.4, 0.5) is 8.78 Å². The molecule has 1 aliphatic rings. The molecule has 0 saturated heterocycles. The molecule has 5 rings (SSSR count). The van der Waals surface area contributed by atoms with Crippen molar-refractivity contribution in [2.24, 2.45) is 5.10 Å². The summed E-state index contributed by atoms with van der Waals surface area (Å²) in [6.07, 6.45) is -1.14. The molecule has 0 aliphatic carbocycles. The Kier molecular flexibility index (Phi) is 7.05. The third-order valence-corrected chi connectivity index (χ3v) is 6.91. The number of carbonyl (C=O) groups is 1. The number of hydrogen-bond acceptors (Lipinski definition) is 4. The van der Waals surface area contributed by atoms with Crippen molar-refractivity contribution >= 4 is 45.7 Å². The zero-order chi connectivity index (χ0) is 27.0. The van der Waals surface area contributed by atoms with Crippen molar-refractivity contribution < 1.29 is 18.7 Å². The van der Waals surface area contributed by atoms with Crippen LogP contribution in [0, 0.1) is 0 Å². The number of H-pyrrole nitrogens is 1. The van der Waals surface area contributed by atoms with Crippen molar-refractivity contribution in [3.8, 4) is 11.1 Å². The van der Waals surface area contributed by atoms with Crippen LogP contribution in [0.1, 0.15) is 30.0 Å². The number of hydrazone groups is 1. The highest BCUT2D eigenvalue weighted by Crippen LogP contribution is 2.38. The molecule has 1 aliphatic heterocycles. The van der Waals surface area contributed by atoms with Gasteiger partial charge in [-0.3, -0.25) is 9.59 Å². The van der Waals surface area contributed by atoms with Crippen molar-refractivity contribution in [2.75, 3.05) is 6.61 Å². The van der Waals surface area contributed by atoms with Gasteiger partial charge in [-0.2, -0.15) is 5.10 Å². The smallest absolute Gasteiger partial charge is 0.279 e. The van der Waals surface area contributed by atoms with Gasteiger partial charge in [0, 0.05) is 32.9 Å². The molecule has 10 heteroatoms. The number of carbonyl (C=O) groups excluding carboxylic acids is 1. The number of alkyl halides is 2. The zero-order valence-electron chi connectivity index (χ0n) is 19.8. The van der Waals surface area contributed by atoms with Gasteiger partial charge in [0.1, 0.15) is 6.61 Å². The maximum Gasteiger partial charge on any atom is 0.279 e. The molecule has 4 aromatic rings. The lowest BCUT2D eigenvalue weighted by atomic mass is 9.91. The Hall–Kier alpha value is -3.59. The Balaban J connectivity index is 1.69. The second-order valence-corrected chi connectivity index (χ2v) is 9.88. The van der Waals surface area contributed by atoms with Gasteiger partial charge >= 0.3 is 0 Å². The van der Waals surface area contributed by atoms with Crippen molar-refractivity contribution in [2.45, 2.75) is 24.8 Å². The molecule has 0 bridgehead atoms. The van der Waals surface area contributed by atoms with Gasteiger partial charge in [0.15, 0.2) is 0 Å². The summed E-state index contributed by atoms with van der Waals surface area (Å²) in [6.45, 7) is -1.47. The van der Waals surface area contributed by atoms with Crippen molar-refractivity contribution in [3.63, 3.8) is 0 Å². The van der Waals surface area contributed by atoms with E-state index in [1.165, 1.54) is 0 Å². The monoisotopic (exact) mass is 555 g/mol. The average molecular weight is 556 g/mol. The average Bonchev–Trinajstić information content (AvgIpc) is 3.34. The largest absolute Gasteiger partial charge is 0.390 e. The van der Waals surface area contributed by atoms with Crippen LogP contribution in [-0.2, 0) is 4.79 Å². The highest BCUT2D eigenvalue weighted by molar-refractivity contribution is 6.31. The van der Waals surface area contributed by atoms with E-state index in [0.29, 0.717) is 32.3 Å². The predicted octanol–water partition coefficient (Wildman–Crippen LogP) is 6.20. The van der Waals surface area contributed by atoms with Gasteiger partial charge in [-0.05, 0) is 41.5 Å². The van der Waals surface area contributed by atoms with E-state index in [2.05, 4.69) is 10.1 Å². The van der Waals surface area contributed by atoms with E-state index in [9.17, 15) is 18.4 Å². The lowest BCUT2D eigenvalue weighted by Crippen LogP contribution is -2.34. The van der Waals surface area contributed by atoms with E-state index in [-0.39, 0.29) is 17.7 Å². The number of nitrogens with one attached hydrogen (secondary N) is 1. The number of amides is 1. The minimum Gasteiger partial charge on any atom is -0.390 e. The maximum absolute atomic E-state index is 14.0. The molecule has 6 nitrogen and oxygen atoms in total. The Bertz CT molecular complexity index is 1600. The number of benzene rings is 3. The van der Waals surface area contributed by atoms with E-state index in [4.69, 9.17) is 28.3 Å². The van der Waals surface area contributed by atoms with E-state index < -0.39 is 36.5 Å². The second kappa shape index (κ2) is 10.3. The minimum absolute atomic E-state index is 0.0973. The van der Waals surface area contributed by atoms with Crippen LogP contribution in [0.2, 0.25) is 10.0 Å². The first-order valence-electron chi connectivity index (χ1n) is 11.7. The van der Waals surface area contributed by atoms with Gasteiger partial charge in [0.2, 0.25) is 5.91 Å². The Morgan fingerprint density at radius 2 is 1.63 bits per heavy atom. The first-order valence-corrected chi connectivity index (χ1v) is 12.5. The van der Waals surface area contributed by atoms with Gasteiger partial charge in [0.05, 0.1) is 23.7 Å². The fourth-order valence-electron chi connectivity index (χ4n) is 4.63. The second-order valence-electron chi connectivity index (χ2n) is 9.00. The van der Waals surface area contributed by atoms with Crippen LogP contribution in [0.15, 0.2) is 82.7 Å². The number of fused-ring (bicyclic) bond motifs is 1. The summed E-state index contributed by atoms with van der Waals surface area (Å²) in [5.74, 6) is -4.60. The molecular weight excluding hydrogens is 535 g/mol. The summed E-state index contributed by atoms with van der Waals surface area (Å²) >= 11 is 12.1. The highest BCUT2D eigenvalue weighted by atomic mass is 35.5. The number of aromatic nitrogens is 1. The number of aromatic amines is 1. The van der Waals surface area contributed by atoms with E-state index >= 15 is 0 Å². The topological polar surface area (TPSA) is 85.8 Å². The van der Waals surface area contributed by atoms with E-state index in [1.54, 1.807) is 60.7 Å². The first-order chi connectivity index (χ1) is 18.2. The SMILES string of the molecule is O=C(CC(F)(F)CO)N1N=C(c2c(-c3ccc(Cl)cc3)c3ccccc3[nH]c2=O)C[C@H]1c1ccc(Cl)cc1. The fourth-order valence-corrected chi connectivity index (χ4v) is 4.88. The molecule has 1 amide bonds. The van der Waals surface area contributed by atoms with Crippen molar-refractivity contribution in [3.05, 3.63) is 104 Å². The molecule has 3 aromatic carbocycles. The van der Waals surface area contributed by atoms with Gasteiger partial charge in [-0.25, -0.2) is 13.8 Å². The third-order valence-electron chi connectivity index (χ3n) is 6.40. The molecule has 0 saturated carbocycles. The highest BCUT2D eigenvalue weighted by Gasteiger charge is 2.40. The first kappa shape index (κ1) is 26.0. The van der Waals surface area contributed by atoms with Gasteiger partial charge in [-0.1, -0.05) is 65.7 Å². The van der Waals surface area contributed by atoms with E-state index in [1.807, 2.05) is 12.1 Å². The molecule has 0 unspecified atom stereocenters. The maximum atomic E-state index is 14.0. The molecular formula is C28H21Cl2F2N3O3. The lowest BCUT2D eigenvalue weighted by Gasteiger charge is -2.24. The van der Waals surface area contributed by atoms with Crippen LogP contribution in [0.3, 0.4) is 0 Å². The minimum atomic E-state index is -3.62. The van der Waals surface area contributed by atoms with Crippen LogP contribution in [-0.4, -0.2) is 39.2 Å². The number of rotatable bonds is 6. The fraction of sp³-hybridized carbons (Fsp3) is 0.179. The normalized spacial score (nSPS) is 15.7. The third kappa shape index (κ3) is 5.07. The Morgan fingerprint density at radius 3 is 2.29 bits per heavy atom. The molecule has 1 aromatic heterocycles. The van der Waals surface area contributed by atoms with Gasteiger partial charge < -0.3 is 10.1 Å². The van der Waals surface area contributed by atoms with E-state index in [0.717, 1.165) is 10.4 Å². The molecule has 0 fully saturated rings. The van der Waals surface area contributed by atoms with Crippen LogP contribution < -0.4 is 5.56 Å². The summed E-state index contributed by atoms with van der Waals surface area (Å²) in [4.78, 5) is 29.4. The number of aliphatic hydroxyl groups is 1.